The van der Waals surface area contributed by atoms with E-state index in [9.17, 15) is 13.2 Å². The molecule has 1 atom stereocenters. The number of para-hydroxylation sites is 1. The summed E-state index contributed by atoms with van der Waals surface area (Å²) in [6.45, 7) is 2.37. The summed E-state index contributed by atoms with van der Waals surface area (Å²) in [5.74, 6) is 0.667. The third-order valence-corrected chi connectivity index (χ3v) is 6.34. The first kappa shape index (κ1) is 18.3. The zero-order valence-corrected chi connectivity index (χ0v) is 15.6. The Bertz CT molecular complexity index is 894. The number of rotatable bonds is 5. The lowest BCUT2D eigenvalue weighted by Gasteiger charge is -2.18. The fourth-order valence-corrected chi connectivity index (χ4v) is 4.65. The number of methoxy groups -OCH3 is 1. The van der Waals surface area contributed by atoms with Gasteiger partial charge in [0, 0.05) is 17.7 Å². The minimum Gasteiger partial charge on any atom is -0.496 e. The average Bonchev–Trinajstić information content (AvgIpc) is 3.00. The zero-order chi connectivity index (χ0) is 18.7. The van der Waals surface area contributed by atoms with Crippen molar-refractivity contribution in [2.45, 2.75) is 19.4 Å². The van der Waals surface area contributed by atoms with E-state index in [-0.39, 0.29) is 17.7 Å². The maximum atomic E-state index is 12.5. The van der Waals surface area contributed by atoms with E-state index in [1.54, 1.807) is 31.4 Å². The normalized spacial score (nSPS) is 16.9. The molecule has 2 aromatic carbocycles. The predicted octanol–water partition coefficient (Wildman–Crippen LogP) is 2.73. The average molecular weight is 374 g/mol. The molecular formula is C19H22N2O4S. The van der Waals surface area contributed by atoms with E-state index in [1.165, 1.54) is 4.31 Å². The van der Waals surface area contributed by atoms with E-state index < -0.39 is 10.0 Å². The molecule has 1 unspecified atom stereocenters. The molecule has 26 heavy (non-hydrogen) atoms. The smallest absolute Gasteiger partial charge is 0.251 e. The van der Waals surface area contributed by atoms with Crippen molar-refractivity contribution in [2.24, 2.45) is 0 Å². The predicted molar refractivity (Wildman–Crippen MR) is 101 cm³/mol. The van der Waals surface area contributed by atoms with Gasteiger partial charge >= 0.3 is 0 Å². The minimum absolute atomic E-state index is 0.172. The molecule has 1 fully saturated rings. The monoisotopic (exact) mass is 374 g/mol. The number of anilines is 1. The minimum atomic E-state index is -3.22. The molecule has 1 amide bonds. The molecule has 0 saturated carbocycles. The Labute approximate surface area is 153 Å². The summed E-state index contributed by atoms with van der Waals surface area (Å²) in [4.78, 5) is 12.5. The van der Waals surface area contributed by atoms with Gasteiger partial charge in [0.1, 0.15) is 5.75 Å². The Hall–Kier alpha value is -2.54. The van der Waals surface area contributed by atoms with Gasteiger partial charge in [-0.3, -0.25) is 9.10 Å². The molecule has 3 rings (SSSR count). The van der Waals surface area contributed by atoms with E-state index in [1.807, 2.05) is 31.2 Å². The van der Waals surface area contributed by atoms with Crippen molar-refractivity contribution in [3.05, 3.63) is 59.7 Å². The second kappa shape index (κ2) is 7.37. The van der Waals surface area contributed by atoms with E-state index in [0.717, 1.165) is 11.3 Å². The lowest BCUT2D eigenvalue weighted by atomic mass is 10.1. The van der Waals surface area contributed by atoms with E-state index in [2.05, 4.69) is 5.32 Å². The fourth-order valence-electron chi connectivity index (χ4n) is 3.09. The number of carbonyl (C=O) groups excluding carboxylic acids is 1. The summed E-state index contributed by atoms with van der Waals surface area (Å²) >= 11 is 0. The van der Waals surface area contributed by atoms with Gasteiger partial charge in [0.15, 0.2) is 0 Å². The van der Waals surface area contributed by atoms with Gasteiger partial charge in [-0.2, -0.15) is 0 Å². The Morgan fingerprint density at radius 2 is 1.85 bits per heavy atom. The molecule has 0 aliphatic carbocycles. The van der Waals surface area contributed by atoms with Crippen LogP contribution in [0.25, 0.3) is 0 Å². The number of hydrogen-bond donors (Lipinski definition) is 1. The van der Waals surface area contributed by atoms with Crippen molar-refractivity contribution in [1.82, 2.24) is 5.32 Å². The molecule has 7 heteroatoms. The first-order valence-corrected chi connectivity index (χ1v) is 10.1. The van der Waals surface area contributed by atoms with Crippen molar-refractivity contribution in [3.63, 3.8) is 0 Å². The number of hydrogen-bond acceptors (Lipinski definition) is 4. The van der Waals surface area contributed by atoms with Gasteiger partial charge in [-0.1, -0.05) is 18.2 Å². The molecule has 6 nitrogen and oxygen atoms in total. The van der Waals surface area contributed by atoms with Crippen molar-refractivity contribution in [1.29, 1.82) is 0 Å². The van der Waals surface area contributed by atoms with Crippen LogP contribution in [0.5, 0.6) is 5.75 Å². The molecule has 0 spiro atoms. The van der Waals surface area contributed by atoms with Crippen molar-refractivity contribution >= 4 is 21.6 Å². The number of carbonyl (C=O) groups is 1. The number of nitrogens with one attached hydrogen (secondary N) is 1. The Morgan fingerprint density at radius 3 is 2.46 bits per heavy atom. The van der Waals surface area contributed by atoms with Gasteiger partial charge in [0.05, 0.1) is 24.6 Å². The van der Waals surface area contributed by atoms with E-state index in [4.69, 9.17) is 4.74 Å². The Kier molecular flexibility index (Phi) is 5.18. The van der Waals surface area contributed by atoms with Crippen LogP contribution in [0.3, 0.4) is 0 Å². The largest absolute Gasteiger partial charge is 0.496 e. The lowest BCUT2D eigenvalue weighted by molar-refractivity contribution is 0.0939. The zero-order valence-electron chi connectivity index (χ0n) is 14.8. The summed E-state index contributed by atoms with van der Waals surface area (Å²) in [5, 5.41) is 2.94. The molecular weight excluding hydrogens is 352 g/mol. The molecule has 1 aliphatic rings. The molecule has 1 heterocycles. The van der Waals surface area contributed by atoms with Crippen molar-refractivity contribution in [2.75, 3.05) is 23.7 Å². The van der Waals surface area contributed by atoms with Gasteiger partial charge in [0.2, 0.25) is 10.0 Å². The fraction of sp³-hybridized carbons (Fsp3) is 0.316. The summed E-state index contributed by atoms with van der Waals surface area (Å²) in [5.41, 5.74) is 1.96. The molecule has 0 bridgehead atoms. The van der Waals surface area contributed by atoms with E-state index >= 15 is 0 Å². The summed E-state index contributed by atoms with van der Waals surface area (Å²) in [6.07, 6.45) is 0.626. The highest BCUT2D eigenvalue weighted by Gasteiger charge is 2.28. The lowest BCUT2D eigenvalue weighted by Crippen LogP contribution is -2.27. The maximum Gasteiger partial charge on any atom is 0.251 e. The first-order chi connectivity index (χ1) is 12.4. The number of nitrogens with zero attached hydrogens (tertiary/aromatic N) is 1. The SMILES string of the molecule is COc1ccccc1C(C)NC(=O)c1ccc(N2CCCS2(=O)=O)cc1. The Morgan fingerprint density at radius 1 is 1.15 bits per heavy atom. The molecule has 0 radical (unpaired) electrons. The summed E-state index contributed by atoms with van der Waals surface area (Å²) < 4.78 is 30.7. The van der Waals surface area contributed by atoms with Gasteiger partial charge < -0.3 is 10.1 Å². The topological polar surface area (TPSA) is 75.7 Å². The van der Waals surface area contributed by atoms with Crippen LogP contribution in [0.1, 0.15) is 35.3 Å². The van der Waals surface area contributed by atoms with Gasteiger partial charge in [-0.15, -0.1) is 0 Å². The number of ether oxygens (including phenoxy) is 1. The van der Waals surface area contributed by atoms with Crippen LogP contribution >= 0.6 is 0 Å². The molecule has 1 N–H and O–H groups in total. The molecule has 1 saturated heterocycles. The second-order valence-electron chi connectivity index (χ2n) is 6.23. The van der Waals surface area contributed by atoms with Crippen LogP contribution in [0.2, 0.25) is 0 Å². The summed E-state index contributed by atoms with van der Waals surface area (Å²) in [7, 11) is -1.62. The van der Waals surface area contributed by atoms with Crippen LogP contribution < -0.4 is 14.4 Å². The quantitative estimate of drug-likeness (QED) is 0.873. The van der Waals surface area contributed by atoms with Crippen molar-refractivity contribution < 1.29 is 17.9 Å². The highest BCUT2D eigenvalue weighted by Crippen LogP contribution is 2.26. The van der Waals surface area contributed by atoms with Gasteiger partial charge in [-0.25, -0.2) is 8.42 Å². The van der Waals surface area contributed by atoms with Crippen molar-refractivity contribution in [3.8, 4) is 5.75 Å². The highest BCUT2D eigenvalue weighted by atomic mass is 32.2. The summed E-state index contributed by atoms with van der Waals surface area (Å²) in [6, 6.07) is 13.9. The van der Waals surface area contributed by atoms with Crippen LogP contribution in [0.15, 0.2) is 48.5 Å². The molecule has 2 aromatic rings. The van der Waals surface area contributed by atoms with Crippen LogP contribution in [0, 0.1) is 0 Å². The molecule has 1 aliphatic heterocycles. The first-order valence-electron chi connectivity index (χ1n) is 8.46. The van der Waals surface area contributed by atoms with Crippen LogP contribution in [-0.4, -0.2) is 33.7 Å². The maximum absolute atomic E-state index is 12.5. The Balaban J connectivity index is 1.72. The molecule has 138 valence electrons. The van der Waals surface area contributed by atoms with E-state index in [0.29, 0.717) is 24.2 Å². The number of sulfonamides is 1. The third-order valence-electron chi connectivity index (χ3n) is 4.47. The third kappa shape index (κ3) is 3.67. The van der Waals surface area contributed by atoms with Crippen LogP contribution in [-0.2, 0) is 10.0 Å². The standard InChI is InChI=1S/C19H22N2O4S/c1-14(17-6-3-4-7-18(17)25-2)20-19(22)15-8-10-16(11-9-15)21-12-5-13-26(21,23)24/h3-4,6-11,14H,5,12-13H2,1-2H3,(H,20,22). The van der Waals surface area contributed by atoms with Crippen LogP contribution in [0.4, 0.5) is 5.69 Å². The second-order valence-corrected chi connectivity index (χ2v) is 8.24. The number of benzene rings is 2. The number of amides is 1. The highest BCUT2D eigenvalue weighted by molar-refractivity contribution is 7.93. The van der Waals surface area contributed by atoms with Gasteiger partial charge in [0.25, 0.3) is 5.91 Å². The molecule has 0 aromatic heterocycles. The van der Waals surface area contributed by atoms with Gasteiger partial charge in [-0.05, 0) is 43.7 Å².